The van der Waals surface area contributed by atoms with Gasteiger partial charge in [0.05, 0.1) is 12.2 Å². The monoisotopic (exact) mass is 311 g/mol. The van der Waals surface area contributed by atoms with Crippen molar-refractivity contribution in [3.63, 3.8) is 0 Å². The van der Waals surface area contributed by atoms with Crippen molar-refractivity contribution in [3.05, 3.63) is 63.4 Å². The molecule has 0 amide bonds. The molecule has 0 fully saturated rings. The van der Waals surface area contributed by atoms with Crippen molar-refractivity contribution in [3.8, 4) is 6.07 Å². The Bertz CT molecular complexity index is 741. The summed E-state index contributed by atoms with van der Waals surface area (Å²) in [6, 6.07) is 14.7. The highest BCUT2D eigenvalue weighted by Gasteiger charge is 2.10. The second-order valence-electron chi connectivity index (χ2n) is 5.46. The molecule has 2 aromatic rings. The number of hydrogen-bond donors (Lipinski definition) is 0. The Labute approximate surface area is 137 Å². The van der Waals surface area contributed by atoms with E-state index < -0.39 is 0 Å². The minimum atomic E-state index is 0.608. The van der Waals surface area contributed by atoms with Crippen molar-refractivity contribution >= 4 is 12.2 Å². The molecule has 3 nitrogen and oxygen atoms in total. The van der Waals surface area contributed by atoms with Crippen LogP contribution in [0.1, 0.15) is 29.3 Å². The minimum absolute atomic E-state index is 0.608. The molecule has 22 heavy (non-hydrogen) atoms. The Balaban J connectivity index is 2.29. The van der Waals surface area contributed by atoms with E-state index in [0.717, 1.165) is 24.3 Å². The molecule has 4 heteroatoms. The predicted octanol–water partition coefficient (Wildman–Crippen LogP) is 4.19. The van der Waals surface area contributed by atoms with E-state index in [2.05, 4.69) is 42.2 Å². The second kappa shape index (κ2) is 7.35. The third kappa shape index (κ3) is 3.62. The zero-order valence-corrected chi connectivity index (χ0v) is 14.2. The topological polar surface area (TPSA) is 32.0 Å². The predicted molar refractivity (Wildman–Crippen MR) is 92.0 cm³/mol. The summed E-state index contributed by atoms with van der Waals surface area (Å²) < 4.78 is 2.68. The lowest BCUT2D eigenvalue weighted by Gasteiger charge is -2.24. The van der Waals surface area contributed by atoms with E-state index >= 15 is 0 Å². The van der Waals surface area contributed by atoms with Crippen LogP contribution in [-0.2, 0) is 13.2 Å². The average Bonchev–Trinajstić information content (AvgIpc) is 2.51. The van der Waals surface area contributed by atoms with E-state index in [-0.39, 0.29) is 0 Å². The Kier molecular flexibility index (Phi) is 5.48. The molecule has 0 bridgehead atoms. The molecule has 0 spiro atoms. The summed E-state index contributed by atoms with van der Waals surface area (Å²) in [6.45, 7) is 8.61. The number of aromatic nitrogens is 1. The second-order valence-corrected chi connectivity index (χ2v) is 5.85. The average molecular weight is 311 g/mol. The van der Waals surface area contributed by atoms with Crippen LogP contribution < -0.4 is 0 Å². The van der Waals surface area contributed by atoms with E-state index in [9.17, 15) is 5.26 Å². The molecule has 0 atom stereocenters. The molecule has 1 heterocycles. The van der Waals surface area contributed by atoms with Crippen LogP contribution in [0.4, 0.5) is 0 Å². The lowest BCUT2D eigenvalue weighted by molar-refractivity contribution is 0.217. The van der Waals surface area contributed by atoms with Crippen molar-refractivity contribution in [1.29, 1.82) is 5.26 Å². The summed E-state index contributed by atoms with van der Waals surface area (Å²) in [5, 5.41) is 9.30. The molecule has 0 aliphatic rings. The van der Waals surface area contributed by atoms with Gasteiger partial charge in [0.15, 0.2) is 0 Å². The first-order valence-electron chi connectivity index (χ1n) is 7.44. The quantitative estimate of drug-likeness (QED) is 0.776. The van der Waals surface area contributed by atoms with Gasteiger partial charge in [0.1, 0.15) is 10.7 Å². The Morgan fingerprint density at radius 2 is 1.91 bits per heavy atom. The number of nitriles is 1. The standard InChI is InChI=1S/C18H21N3S/c1-4-20(12-16-8-6-5-7-9-16)13-21-15(3)10-14(2)17(11-19)18(21)22/h5-10H,4,12-13H2,1-3H3. The van der Waals surface area contributed by atoms with Crippen molar-refractivity contribution in [2.75, 3.05) is 6.54 Å². The number of pyridine rings is 1. The first-order valence-corrected chi connectivity index (χ1v) is 7.85. The van der Waals surface area contributed by atoms with Crippen LogP contribution in [0.5, 0.6) is 0 Å². The van der Waals surface area contributed by atoms with E-state index in [4.69, 9.17) is 12.2 Å². The molecule has 1 aromatic carbocycles. The number of hydrogen-bond acceptors (Lipinski definition) is 3. The number of aryl methyl sites for hydroxylation is 2. The van der Waals surface area contributed by atoms with Crippen molar-refractivity contribution in [1.82, 2.24) is 9.47 Å². The summed E-state index contributed by atoms with van der Waals surface area (Å²) in [5.41, 5.74) is 3.93. The number of benzene rings is 1. The Hall–Kier alpha value is -1.96. The first-order chi connectivity index (χ1) is 10.6. The summed E-state index contributed by atoms with van der Waals surface area (Å²) in [7, 11) is 0. The van der Waals surface area contributed by atoms with Gasteiger partial charge in [0.2, 0.25) is 0 Å². The molecule has 0 saturated heterocycles. The van der Waals surface area contributed by atoms with Crippen molar-refractivity contribution in [2.45, 2.75) is 34.0 Å². The number of rotatable bonds is 5. The summed E-state index contributed by atoms with van der Waals surface area (Å²) in [5.74, 6) is 0. The van der Waals surface area contributed by atoms with Crippen LogP contribution in [0, 0.1) is 29.8 Å². The fourth-order valence-electron chi connectivity index (χ4n) is 2.54. The Morgan fingerprint density at radius 1 is 1.23 bits per heavy atom. The van der Waals surface area contributed by atoms with Gasteiger partial charge in [-0.2, -0.15) is 5.26 Å². The molecule has 0 radical (unpaired) electrons. The third-order valence-corrected chi connectivity index (χ3v) is 4.28. The third-order valence-electron chi connectivity index (χ3n) is 3.85. The maximum absolute atomic E-state index is 9.30. The van der Waals surface area contributed by atoms with Gasteiger partial charge in [-0.3, -0.25) is 4.90 Å². The molecular weight excluding hydrogens is 290 g/mol. The SMILES string of the molecule is CCN(Cc1ccccc1)Cn1c(C)cc(C)c(C#N)c1=S. The summed E-state index contributed by atoms with van der Waals surface area (Å²) >= 11 is 5.51. The van der Waals surface area contributed by atoms with Crippen molar-refractivity contribution in [2.24, 2.45) is 0 Å². The van der Waals surface area contributed by atoms with Crippen LogP contribution in [0.3, 0.4) is 0 Å². The van der Waals surface area contributed by atoms with Gasteiger partial charge >= 0.3 is 0 Å². The largest absolute Gasteiger partial charge is 0.322 e. The lowest BCUT2D eigenvalue weighted by atomic mass is 10.1. The fraction of sp³-hybridized carbons (Fsp3) is 0.333. The maximum atomic E-state index is 9.30. The smallest absolute Gasteiger partial charge is 0.125 e. The molecule has 0 unspecified atom stereocenters. The van der Waals surface area contributed by atoms with Gasteiger partial charge < -0.3 is 4.57 Å². The summed E-state index contributed by atoms with van der Waals surface area (Å²) in [6.07, 6.45) is 0. The van der Waals surface area contributed by atoms with E-state index in [0.29, 0.717) is 16.9 Å². The molecule has 0 aliphatic heterocycles. The van der Waals surface area contributed by atoms with Crippen LogP contribution in [0.2, 0.25) is 0 Å². The van der Waals surface area contributed by atoms with E-state index in [1.807, 2.05) is 30.5 Å². The fourth-order valence-corrected chi connectivity index (χ4v) is 2.95. The van der Waals surface area contributed by atoms with Crippen LogP contribution >= 0.6 is 12.2 Å². The zero-order chi connectivity index (χ0) is 16.1. The van der Waals surface area contributed by atoms with Gasteiger partial charge in [-0.15, -0.1) is 0 Å². The van der Waals surface area contributed by atoms with Crippen LogP contribution in [0.15, 0.2) is 36.4 Å². The molecular formula is C18H21N3S. The maximum Gasteiger partial charge on any atom is 0.125 e. The van der Waals surface area contributed by atoms with Gasteiger partial charge in [-0.25, -0.2) is 0 Å². The minimum Gasteiger partial charge on any atom is -0.322 e. The van der Waals surface area contributed by atoms with Gasteiger partial charge in [0.25, 0.3) is 0 Å². The van der Waals surface area contributed by atoms with Gasteiger partial charge in [-0.05, 0) is 37.6 Å². The molecule has 114 valence electrons. The molecule has 0 saturated carbocycles. The van der Waals surface area contributed by atoms with E-state index in [1.165, 1.54) is 5.56 Å². The van der Waals surface area contributed by atoms with Crippen LogP contribution in [0.25, 0.3) is 0 Å². The molecule has 0 N–H and O–H groups in total. The zero-order valence-electron chi connectivity index (χ0n) is 13.3. The van der Waals surface area contributed by atoms with E-state index in [1.54, 1.807) is 0 Å². The highest BCUT2D eigenvalue weighted by molar-refractivity contribution is 7.71. The first kappa shape index (κ1) is 16.4. The number of nitrogens with zero attached hydrogens (tertiary/aromatic N) is 3. The molecule has 0 aliphatic carbocycles. The van der Waals surface area contributed by atoms with Gasteiger partial charge in [-0.1, -0.05) is 49.5 Å². The Morgan fingerprint density at radius 3 is 2.50 bits per heavy atom. The molecule has 1 aromatic heterocycles. The highest BCUT2D eigenvalue weighted by atomic mass is 32.1. The van der Waals surface area contributed by atoms with Crippen LogP contribution in [-0.4, -0.2) is 16.0 Å². The van der Waals surface area contributed by atoms with Gasteiger partial charge in [0, 0.05) is 12.2 Å². The normalized spacial score (nSPS) is 10.7. The highest BCUT2D eigenvalue weighted by Crippen LogP contribution is 2.15. The van der Waals surface area contributed by atoms with Crippen molar-refractivity contribution < 1.29 is 0 Å². The molecule has 2 rings (SSSR count). The summed E-state index contributed by atoms with van der Waals surface area (Å²) in [4.78, 5) is 2.31. The lowest BCUT2D eigenvalue weighted by Crippen LogP contribution is -2.27.